The zero-order chi connectivity index (χ0) is 20.2. The molecule has 0 bridgehead atoms. The first kappa shape index (κ1) is 24.5. The normalized spacial score (nSPS) is 11.8. The van der Waals surface area contributed by atoms with E-state index in [9.17, 15) is 9.59 Å². The van der Waals surface area contributed by atoms with Crippen LogP contribution in [0.2, 0.25) is 0 Å². The van der Waals surface area contributed by atoms with Crippen LogP contribution >= 0.6 is 0 Å². The Morgan fingerprint density at radius 3 is 2.04 bits per heavy atom. The van der Waals surface area contributed by atoms with Crippen molar-refractivity contribution in [2.45, 2.75) is 65.6 Å². The number of unbranched alkanes of at least 4 members (excludes halogenated alkanes) is 1. The Morgan fingerprint density at radius 2 is 1.50 bits per heavy atom. The highest BCUT2D eigenvalue weighted by Gasteiger charge is 2.22. The molecule has 0 spiro atoms. The van der Waals surface area contributed by atoms with Crippen molar-refractivity contribution in [2.75, 3.05) is 39.3 Å². The molecule has 0 aliphatic heterocycles. The molecule has 8 nitrogen and oxygen atoms in total. The summed E-state index contributed by atoms with van der Waals surface area (Å²) in [6.45, 7) is 14.4. The van der Waals surface area contributed by atoms with Crippen LogP contribution in [0, 0.1) is 0 Å². The van der Waals surface area contributed by atoms with Crippen LogP contribution in [0.1, 0.15) is 54.4 Å². The first-order valence-electron chi connectivity index (χ1n) is 9.30. The van der Waals surface area contributed by atoms with Crippen molar-refractivity contribution in [2.24, 2.45) is 5.73 Å². The summed E-state index contributed by atoms with van der Waals surface area (Å²) in [4.78, 5) is 25.7. The molecular formula is C18H38N4O4. The molecule has 0 fully saturated rings. The number of amides is 2. The third-order valence-electron chi connectivity index (χ3n) is 3.05. The minimum atomic E-state index is -0.559. The fraction of sp³-hybridized carbons (Fsp3) is 0.889. The van der Waals surface area contributed by atoms with Crippen LogP contribution in [0.3, 0.4) is 0 Å². The van der Waals surface area contributed by atoms with Crippen LogP contribution in [0.4, 0.5) is 9.59 Å². The highest BCUT2D eigenvalue weighted by Crippen LogP contribution is 2.10. The van der Waals surface area contributed by atoms with Crippen LogP contribution in [0.25, 0.3) is 0 Å². The lowest BCUT2D eigenvalue weighted by molar-refractivity contribution is 0.0237. The monoisotopic (exact) mass is 374 g/mol. The number of hydrogen-bond acceptors (Lipinski definition) is 6. The van der Waals surface area contributed by atoms with E-state index in [1.165, 1.54) is 0 Å². The Balaban J connectivity index is 4.40. The van der Waals surface area contributed by atoms with Gasteiger partial charge >= 0.3 is 12.2 Å². The number of alkyl carbamates (subject to hydrolysis) is 1. The second-order valence-corrected chi connectivity index (χ2v) is 8.14. The second kappa shape index (κ2) is 12.0. The van der Waals surface area contributed by atoms with Crippen LogP contribution in [-0.2, 0) is 9.47 Å². The van der Waals surface area contributed by atoms with Crippen molar-refractivity contribution in [1.82, 2.24) is 15.5 Å². The SMILES string of the molecule is CC(C)(C)OC(=O)NCCN(CCCCNCCN)C(=O)OC(C)(C)C. The highest BCUT2D eigenvalue weighted by molar-refractivity contribution is 5.69. The van der Waals surface area contributed by atoms with Gasteiger partial charge in [-0.3, -0.25) is 0 Å². The number of ether oxygens (including phenoxy) is 2. The summed E-state index contributed by atoms with van der Waals surface area (Å²) in [6.07, 6.45) is 0.896. The van der Waals surface area contributed by atoms with E-state index in [1.807, 2.05) is 20.8 Å². The molecule has 0 heterocycles. The van der Waals surface area contributed by atoms with Crippen LogP contribution in [-0.4, -0.2) is 67.6 Å². The second-order valence-electron chi connectivity index (χ2n) is 8.14. The molecule has 0 aromatic carbocycles. The van der Waals surface area contributed by atoms with Gasteiger partial charge in [-0.05, 0) is 60.9 Å². The minimum Gasteiger partial charge on any atom is -0.444 e. The van der Waals surface area contributed by atoms with Crippen molar-refractivity contribution in [3.05, 3.63) is 0 Å². The van der Waals surface area contributed by atoms with Gasteiger partial charge in [0.1, 0.15) is 11.2 Å². The number of nitrogens with two attached hydrogens (primary N) is 1. The first-order valence-corrected chi connectivity index (χ1v) is 9.30. The summed E-state index contributed by atoms with van der Waals surface area (Å²) >= 11 is 0. The van der Waals surface area contributed by atoms with Crippen LogP contribution in [0.5, 0.6) is 0 Å². The van der Waals surface area contributed by atoms with Gasteiger partial charge in [-0.25, -0.2) is 9.59 Å². The first-order chi connectivity index (χ1) is 11.9. The highest BCUT2D eigenvalue weighted by atomic mass is 16.6. The Hall–Kier alpha value is -1.54. The topological polar surface area (TPSA) is 106 Å². The molecule has 0 aromatic rings. The predicted octanol–water partition coefficient (Wildman–Crippen LogP) is 2.08. The Kier molecular flexibility index (Phi) is 11.2. The van der Waals surface area contributed by atoms with Crippen LogP contribution in [0.15, 0.2) is 0 Å². The standard InChI is InChI=1S/C18H38N4O4/c1-17(2,3)25-15(23)21-12-14-22(16(24)26-18(4,5)6)13-8-7-10-20-11-9-19/h20H,7-14,19H2,1-6H3,(H,21,23). The smallest absolute Gasteiger partial charge is 0.410 e. The molecule has 4 N–H and O–H groups in total. The average molecular weight is 375 g/mol. The molecule has 0 aliphatic rings. The number of carbonyl (C=O) groups excluding carboxylic acids is 2. The molecule has 26 heavy (non-hydrogen) atoms. The third-order valence-corrected chi connectivity index (χ3v) is 3.05. The predicted molar refractivity (Wildman–Crippen MR) is 103 cm³/mol. The lowest BCUT2D eigenvalue weighted by atomic mass is 10.2. The summed E-state index contributed by atoms with van der Waals surface area (Å²) < 4.78 is 10.6. The van der Waals surface area contributed by atoms with Crippen LogP contribution < -0.4 is 16.4 Å². The van der Waals surface area contributed by atoms with Gasteiger partial charge in [0.05, 0.1) is 0 Å². The summed E-state index contributed by atoms with van der Waals surface area (Å²) in [6, 6.07) is 0. The van der Waals surface area contributed by atoms with Crippen molar-refractivity contribution < 1.29 is 19.1 Å². The van der Waals surface area contributed by atoms with E-state index in [0.29, 0.717) is 26.2 Å². The quantitative estimate of drug-likeness (QED) is 0.506. The average Bonchev–Trinajstić information content (AvgIpc) is 2.45. The number of rotatable bonds is 10. The Bertz CT molecular complexity index is 416. The number of nitrogens with one attached hydrogen (secondary N) is 2. The molecule has 0 saturated carbocycles. The van der Waals surface area contributed by atoms with E-state index in [2.05, 4.69) is 10.6 Å². The Morgan fingerprint density at radius 1 is 0.885 bits per heavy atom. The van der Waals surface area contributed by atoms with E-state index < -0.39 is 17.3 Å². The molecule has 2 amide bonds. The fourth-order valence-corrected chi connectivity index (χ4v) is 2.01. The minimum absolute atomic E-state index is 0.305. The Labute approximate surface area is 158 Å². The molecule has 0 unspecified atom stereocenters. The maximum atomic E-state index is 12.4. The molecule has 0 aliphatic carbocycles. The molecule has 0 rings (SSSR count). The number of carbonyl (C=O) groups is 2. The molecule has 0 saturated heterocycles. The van der Waals surface area contributed by atoms with E-state index in [1.54, 1.807) is 25.7 Å². The van der Waals surface area contributed by atoms with E-state index >= 15 is 0 Å². The lowest BCUT2D eigenvalue weighted by Gasteiger charge is -2.28. The number of hydrogen-bond donors (Lipinski definition) is 3. The molecule has 0 aromatic heterocycles. The summed E-state index contributed by atoms with van der Waals surface area (Å²) in [7, 11) is 0. The van der Waals surface area contributed by atoms with E-state index in [0.717, 1.165) is 25.9 Å². The van der Waals surface area contributed by atoms with Gasteiger partial charge in [-0.1, -0.05) is 0 Å². The molecule has 0 atom stereocenters. The molecule has 0 radical (unpaired) electrons. The van der Waals surface area contributed by atoms with Gasteiger partial charge in [0.15, 0.2) is 0 Å². The zero-order valence-electron chi connectivity index (χ0n) is 17.3. The summed E-state index contributed by atoms with van der Waals surface area (Å²) in [5, 5.41) is 5.89. The van der Waals surface area contributed by atoms with Gasteiger partial charge in [-0.2, -0.15) is 0 Å². The van der Waals surface area contributed by atoms with Gasteiger partial charge < -0.3 is 30.7 Å². The van der Waals surface area contributed by atoms with E-state index in [4.69, 9.17) is 15.2 Å². The van der Waals surface area contributed by atoms with E-state index in [-0.39, 0.29) is 6.09 Å². The van der Waals surface area contributed by atoms with Crippen molar-refractivity contribution in [1.29, 1.82) is 0 Å². The summed E-state index contributed by atoms with van der Waals surface area (Å²) in [5.41, 5.74) is 4.32. The molecule has 8 heteroatoms. The van der Waals surface area contributed by atoms with Gasteiger partial charge in [0, 0.05) is 32.7 Å². The van der Waals surface area contributed by atoms with Gasteiger partial charge in [0.2, 0.25) is 0 Å². The van der Waals surface area contributed by atoms with Gasteiger partial charge in [0.25, 0.3) is 0 Å². The van der Waals surface area contributed by atoms with Crippen molar-refractivity contribution in [3.63, 3.8) is 0 Å². The number of nitrogens with zero attached hydrogens (tertiary/aromatic N) is 1. The lowest BCUT2D eigenvalue weighted by Crippen LogP contribution is -2.43. The summed E-state index contributed by atoms with van der Waals surface area (Å²) in [5.74, 6) is 0. The van der Waals surface area contributed by atoms with Gasteiger partial charge in [-0.15, -0.1) is 0 Å². The zero-order valence-corrected chi connectivity index (χ0v) is 17.3. The van der Waals surface area contributed by atoms with Crippen molar-refractivity contribution in [3.8, 4) is 0 Å². The van der Waals surface area contributed by atoms with Crippen molar-refractivity contribution >= 4 is 12.2 Å². The fourth-order valence-electron chi connectivity index (χ4n) is 2.01. The maximum Gasteiger partial charge on any atom is 0.410 e. The third kappa shape index (κ3) is 14.8. The largest absolute Gasteiger partial charge is 0.444 e. The maximum absolute atomic E-state index is 12.4. The molecule has 154 valence electrons. The molecular weight excluding hydrogens is 336 g/mol.